The first-order chi connectivity index (χ1) is 7.90. The number of hydrogen-bond donors (Lipinski definition) is 1. The van der Waals surface area contributed by atoms with Gasteiger partial charge in [-0.2, -0.15) is 0 Å². The van der Waals surface area contributed by atoms with E-state index < -0.39 is 11.4 Å². The molecule has 0 atom stereocenters. The van der Waals surface area contributed by atoms with Crippen LogP contribution in [0.15, 0.2) is 6.07 Å². The number of carboxylic acids is 1. The van der Waals surface area contributed by atoms with Gasteiger partial charge in [0.1, 0.15) is 5.41 Å². The molecule has 17 heavy (non-hydrogen) atoms. The number of hydrogen-bond acceptors (Lipinski definition) is 2. The largest absolute Gasteiger partial charge is 0.480 e. The lowest BCUT2D eigenvalue weighted by Gasteiger charge is -2.40. The van der Waals surface area contributed by atoms with Crippen LogP contribution in [0.5, 0.6) is 0 Å². The van der Waals surface area contributed by atoms with Crippen LogP contribution in [0.1, 0.15) is 27.8 Å². The quantitative estimate of drug-likeness (QED) is 0.854. The third kappa shape index (κ3) is 1.57. The van der Waals surface area contributed by atoms with E-state index in [0.717, 1.165) is 27.8 Å². The van der Waals surface area contributed by atoms with Crippen LogP contribution in [-0.2, 0) is 14.9 Å². The van der Waals surface area contributed by atoms with E-state index in [9.17, 15) is 9.90 Å². The summed E-state index contributed by atoms with van der Waals surface area (Å²) in [5.74, 6) is -0.778. The van der Waals surface area contributed by atoms with Crippen molar-refractivity contribution < 1.29 is 14.6 Å². The summed E-state index contributed by atoms with van der Waals surface area (Å²) in [4.78, 5) is 11.6. The summed E-state index contributed by atoms with van der Waals surface area (Å²) in [7, 11) is 0. The first-order valence-corrected chi connectivity index (χ1v) is 5.79. The van der Waals surface area contributed by atoms with E-state index in [2.05, 4.69) is 6.07 Å². The van der Waals surface area contributed by atoms with Crippen LogP contribution in [0.25, 0.3) is 0 Å². The molecule has 0 aromatic heterocycles. The Bertz CT molecular complexity index is 458. The molecule has 1 saturated heterocycles. The fourth-order valence-corrected chi connectivity index (χ4v) is 2.62. The highest BCUT2D eigenvalue weighted by atomic mass is 16.5. The van der Waals surface area contributed by atoms with Gasteiger partial charge in [0.25, 0.3) is 0 Å². The van der Waals surface area contributed by atoms with Gasteiger partial charge in [0.05, 0.1) is 13.2 Å². The second kappa shape index (κ2) is 3.84. The summed E-state index contributed by atoms with van der Waals surface area (Å²) in [6, 6.07) is 2.11. The summed E-state index contributed by atoms with van der Waals surface area (Å²) < 4.78 is 5.16. The van der Waals surface area contributed by atoms with Crippen LogP contribution < -0.4 is 0 Å². The lowest BCUT2D eigenvalue weighted by atomic mass is 9.73. The number of benzene rings is 1. The summed E-state index contributed by atoms with van der Waals surface area (Å²) >= 11 is 0. The van der Waals surface area contributed by atoms with Crippen molar-refractivity contribution in [2.45, 2.75) is 33.1 Å². The molecule has 1 aliphatic rings. The van der Waals surface area contributed by atoms with Crippen LogP contribution in [0.4, 0.5) is 0 Å². The summed E-state index contributed by atoms with van der Waals surface area (Å²) in [6.45, 7) is 8.63. The minimum absolute atomic E-state index is 0.285. The SMILES string of the molecule is Cc1cc(C)c(C)c(C2(C(=O)O)COC2)c1C. The highest BCUT2D eigenvalue weighted by Crippen LogP contribution is 2.38. The lowest BCUT2D eigenvalue weighted by Crippen LogP contribution is -2.54. The number of aryl methyl sites for hydroxylation is 2. The Morgan fingerprint density at radius 3 is 1.94 bits per heavy atom. The molecule has 1 N–H and O–H groups in total. The van der Waals surface area contributed by atoms with Crippen LogP contribution in [0.2, 0.25) is 0 Å². The van der Waals surface area contributed by atoms with E-state index in [-0.39, 0.29) is 13.2 Å². The first kappa shape index (κ1) is 12.1. The van der Waals surface area contributed by atoms with Crippen molar-refractivity contribution in [1.82, 2.24) is 0 Å². The van der Waals surface area contributed by atoms with Gasteiger partial charge in [-0.05, 0) is 55.5 Å². The molecular weight excluding hydrogens is 216 g/mol. The zero-order chi connectivity index (χ0) is 12.8. The molecule has 3 nitrogen and oxygen atoms in total. The molecule has 0 saturated carbocycles. The van der Waals surface area contributed by atoms with Gasteiger partial charge in [0, 0.05) is 0 Å². The standard InChI is InChI=1S/C14H18O3/c1-8-5-9(2)11(4)12(10(8)3)14(13(15)16)6-17-7-14/h5H,6-7H2,1-4H3,(H,15,16). The summed E-state index contributed by atoms with van der Waals surface area (Å²) in [6.07, 6.45) is 0. The zero-order valence-corrected chi connectivity index (χ0v) is 10.8. The van der Waals surface area contributed by atoms with Gasteiger partial charge >= 0.3 is 5.97 Å². The van der Waals surface area contributed by atoms with Gasteiger partial charge in [0.2, 0.25) is 0 Å². The third-order valence-corrected chi connectivity index (χ3v) is 3.95. The van der Waals surface area contributed by atoms with Crippen molar-refractivity contribution in [2.75, 3.05) is 13.2 Å². The molecular formula is C14H18O3. The van der Waals surface area contributed by atoms with E-state index in [1.165, 1.54) is 0 Å². The molecule has 0 amide bonds. The lowest BCUT2D eigenvalue weighted by molar-refractivity contribution is -0.163. The predicted octanol–water partition coefficient (Wildman–Crippen LogP) is 2.27. The maximum Gasteiger partial charge on any atom is 0.318 e. The van der Waals surface area contributed by atoms with Crippen LogP contribution in [-0.4, -0.2) is 24.3 Å². The number of carboxylic acid groups (broad SMARTS) is 1. The first-order valence-electron chi connectivity index (χ1n) is 5.79. The number of ether oxygens (including phenoxy) is 1. The molecule has 1 fully saturated rings. The normalized spacial score (nSPS) is 17.6. The Morgan fingerprint density at radius 1 is 1.18 bits per heavy atom. The number of rotatable bonds is 2. The Labute approximate surface area is 101 Å². The van der Waals surface area contributed by atoms with Crippen LogP contribution >= 0.6 is 0 Å². The molecule has 2 rings (SSSR count). The smallest absolute Gasteiger partial charge is 0.318 e. The highest BCUT2D eigenvalue weighted by molar-refractivity contribution is 5.84. The second-order valence-electron chi connectivity index (χ2n) is 5.02. The zero-order valence-electron chi connectivity index (χ0n) is 10.8. The van der Waals surface area contributed by atoms with Crippen molar-refractivity contribution in [3.05, 3.63) is 33.9 Å². The number of carbonyl (C=O) groups is 1. The second-order valence-corrected chi connectivity index (χ2v) is 5.02. The molecule has 1 aromatic rings. The van der Waals surface area contributed by atoms with E-state index in [1.807, 2.05) is 27.7 Å². The molecule has 92 valence electrons. The van der Waals surface area contributed by atoms with Crippen molar-refractivity contribution in [3.8, 4) is 0 Å². The minimum atomic E-state index is -0.828. The summed E-state index contributed by atoms with van der Waals surface area (Å²) in [5, 5.41) is 9.49. The predicted molar refractivity (Wildman–Crippen MR) is 65.5 cm³/mol. The maximum atomic E-state index is 11.6. The van der Waals surface area contributed by atoms with Gasteiger partial charge in [0.15, 0.2) is 0 Å². The van der Waals surface area contributed by atoms with Crippen LogP contribution in [0.3, 0.4) is 0 Å². The summed E-state index contributed by atoms with van der Waals surface area (Å²) in [5.41, 5.74) is 4.59. The Balaban J connectivity index is 2.70. The number of aliphatic carboxylic acids is 1. The van der Waals surface area contributed by atoms with Gasteiger partial charge in [-0.3, -0.25) is 4.79 Å². The van der Waals surface area contributed by atoms with Gasteiger partial charge in [-0.15, -0.1) is 0 Å². The Kier molecular flexibility index (Phi) is 2.74. The van der Waals surface area contributed by atoms with Crippen molar-refractivity contribution >= 4 is 5.97 Å². The van der Waals surface area contributed by atoms with E-state index in [0.29, 0.717) is 0 Å². The average molecular weight is 234 g/mol. The van der Waals surface area contributed by atoms with Crippen molar-refractivity contribution in [2.24, 2.45) is 0 Å². The molecule has 0 radical (unpaired) electrons. The van der Waals surface area contributed by atoms with Crippen LogP contribution in [0, 0.1) is 27.7 Å². The third-order valence-electron chi connectivity index (χ3n) is 3.95. The van der Waals surface area contributed by atoms with Gasteiger partial charge < -0.3 is 9.84 Å². The van der Waals surface area contributed by atoms with Gasteiger partial charge in [-0.1, -0.05) is 6.07 Å². The molecule has 1 heterocycles. The Morgan fingerprint density at radius 2 is 1.65 bits per heavy atom. The molecule has 1 aromatic carbocycles. The van der Waals surface area contributed by atoms with E-state index >= 15 is 0 Å². The molecule has 0 unspecified atom stereocenters. The molecule has 0 aliphatic carbocycles. The fraction of sp³-hybridized carbons (Fsp3) is 0.500. The minimum Gasteiger partial charge on any atom is -0.480 e. The Hall–Kier alpha value is -1.35. The van der Waals surface area contributed by atoms with Crippen molar-refractivity contribution in [1.29, 1.82) is 0 Å². The monoisotopic (exact) mass is 234 g/mol. The molecule has 1 aliphatic heterocycles. The fourth-order valence-electron chi connectivity index (χ4n) is 2.62. The topological polar surface area (TPSA) is 46.5 Å². The molecule has 3 heteroatoms. The highest BCUT2D eigenvalue weighted by Gasteiger charge is 2.49. The molecule has 0 bridgehead atoms. The van der Waals surface area contributed by atoms with Crippen molar-refractivity contribution in [3.63, 3.8) is 0 Å². The van der Waals surface area contributed by atoms with E-state index in [1.54, 1.807) is 0 Å². The maximum absolute atomic E-state index is 11.6. The molecule has 0 spiro atoms. The average Bonchev–Trinajstić information content (AvgIpc) is 2.18. The van der Waals surface area contributed by atoms with Gasteiger partial charge in [-0.25, -0.2) is 0 Å². The van der Waals surface area contributed by atoms with E-state index in [4.69, 9.17) is 4.74 Å².